The summed E-state index contributed by atoms with van der Waals surface area (Å²) >= 11 is 0. The van der Waals surface area contributed by atoms with E-state index in [2.05, 4.69) is 44.0 Å². The molecule has 3 heterocycles. The first-order valence-corrected chi connectivity index (χ1v) is 13.6. The third-order valence-corrected chi connectivity index (χ3v) is 7.08. The van der Waals surface area contributed by atoms with Gasteiger partial charge in [-0.1, -0.05) is 73.3 Å². The molecule has 2 bridgehead atoms. The summed E-state index contributed by atoms with van der Waals surface area (Å²) in [7, 11) is 1.64. The van der Waals surface area contributed by atoms with Crippen molar-refractivity contribution < 1.29 is 24.1 Å². The van der Waals surface area contributed by atoms with Gasteiger partial charge in [-0.15, -0.1) is 0 Å². The Bertz CT molecular complexity index is 901. The average molecular weight is 512 g/mol. The van der Waals surface area contributed by atoms with Crippen LogP contribution in [0.1, 0.15) is 58.8 Å². The predicted octanol–water partition coefficient (Wildman–Crippen LogP) is 5.12. The van der Waals surface area contributed by atoms with Gasteiger partial charge >= 0.3 is 0 Å². The maximum Gasteiger partial charge on any atom is 0.243 e. The average Bonchev–Trinajstić information content (AvgIpc) is 2.83. The lowest BCUT2D eigenvalue weighted by molar-refractivity contribution is -0.117. The highest BCUT2D eigenvalue weighted by Gasteiger charge is 2.23. The van der Waals surface area contributed by atoms with Crippen molar-refractivity contribution in [3.05, 3.63) is 72.4 Å². The number of amides is 1. The highest BCUT2D eigenvalue weighted by atomic mass is 16.5. The van der Waals surface area contributed by atoms with Crippen LogP contribution in [0.5, 0.6) is 0 Å². The summed E-state index contributed by atoms with van der Waals surface area (Å²) in [5.41, 5.74) is 2.34. The van der Waals surface area contributed by atoms with Crippen LogP contribution in [0.15, 0.2) is 72.4 Å². The molecular weight excluding hydrogens is 466 g/mol. The largest absolute Gasteiger partial charge is 0.389 e. The van der Waals surface area contributed by atoms with E-state index < -0.39 is 6.10 Å². The molecule has 204 valence electrons. The minimum atomic E-state index is -0.616. The van der Waals surface area contributed by atoms with E-state index >= 15 is 0 Å². The van der Waals surface area contributed by atoms with Gasteiger partial charge in [0.15, 0.2) is 0 Å². The summed E-state index contributed by atoms with van der Waals surface area (Å²) in [4.78, 5) is 12.8. The van der Waals surface area contributed by atoms with E-state index in [0.29, 0.717) is 31.8 Å². The topological polar surface area (TPSA) is 77.0 Å². The molecule has 0 aromatic carbocycles. The summed E-state index contributed by atoms with van der Waals surface area (Å²) in [5.74, 6) is 0.244. The van der Waals surface area contributed by atoms with Crippen LogP contribution in [0.25, 0.3) is 0 Å². The van der Waals surface area contributed by atoms with Gasteiger partial charge < -0.3 is 24.6 Å². The third kappa shape index (κ3) is 10.6. The number of ether oxygens (including phenoxy) is 3. The molecule has 1 amide bonds. The van der Waals surface area contributed by atoms with Crippen molar-refractivity contribution in [2.24, 2.45) is 5.92 Å². The lowest BCUT2D eigenvalue weighted by Crippen LogP contribution is -2.42. The molecular formula is C31H45NO5. The van der Waals surface area contributed by atoms with Crippen molar-refractivity contribution in [1.29, 1.82) is 0 Å². The van der Waals surface area contributed by atoms with Crippen molar-refractivity contribution in [3.8, 4) is 0 Å². The number of nitrogens with one attached hydrogen (secondary N) is 1. The number of methoxy groups -OCH3 is 1. The molecule has 3 aliphatic rings. The van der Waals surface area contributed by atoms with Crippen LogP contribution in [0.4, 0.5) is 0 Å². The monoisotopic (exact) mass is 511 g/mol. The predicted molar refractivity (Wildman–Crippen MR) is 148 cm³/mol. The Morgan fingerprint density at radius 2 is 1.97 bits per heavy atom. The van der Waals surface area contributed by atoms with Crippen LogP contribution in [-0.4, -0.2) is 61.3 Å². The number of aliphatic hydroxyl groups is 1. The highest BCUT2D eigenvalue weighted by molar-refractivity contribution is 5.87. The van der Waals surface area contributed by atoms with Gasteiger partial charge in [0.05, 0.1) is 43.2 Å². The molecule has 0 saturated carbocycles. The zero-order valence-corrected chi connectivity index (χ0v) is 22.7. The van der Waals surface area contributed by atoms with Crippen molar-refractivity contribution in [1.82, 2.24) is 5.32 Å². The Labute approximate surface area is 222 Å². The lowest BCUT2D eigenvalue weighted by atomic mass is 9.91. The molecule has 0 spiro atoms. The zero-order valence-electron chi connectivity index (χ0n) is 22.7. The molecule has 0 unspecified atom stereocenters. The third-order valence-electron chi connectivity index (χ3n) is 7.08. The summed E-state index contributed by atoms with van der Waals surface area (Å²) in [6, 6.07) is -0.306. The molecule has 0 aromatic heterocycles. The highest BCUT2D eigenvalue weighted by Crippen LogP contribution is 2.26. The number of rotatable bonds is 4. The normalized spacial score (nSPS) is 35.2. The molecule has 37 heavy (non-hydrogen) atoms. The summed E-state index contributed by atoms with van der Waals surface area (Å²) in [5, 5.41) is 13.7. The first-order valence-electron chi connectivity index (χ1n) is 13.6. The van der Waals surface area contributed by atoms with Crippen LogP contribution in [0.3, 0.4) is 0 Å². The Balaban J connectivity index is 1.73. The molecule has 0 radical (unpaired) electrons. The number of hydrogen-bond donors (Lipinski definition) is 2. The van der Waals surface area contributed by atoms with Crippen LogP contribution in [-0.2, 0) is 19.0 Å². The first-order chi connectivity index (χ1) is 17.8. The van der Waals surface area contributed by atoms with Gasteiger partial charge in [0.2, 0.25) is 5.91 Å². The van der Waals surface area contributed by atoms with Gasteiger partial charge in [-0.25, -0.2) is 0 Å². The second-order valence-electron chi connectivity index (χ2n) is 10.7. The van der Waals surface area contributed by atoms with E-state index in [1.165, 1.54) is 5.57 Å². The van der Waals surface area contributed by atoms with Crippen molar-refractivity contribution in [2.45, 2.75) is 95.4 Å². The van der Waals surface area contributed by atoms with Crippen molar-refractivity contribution in [3.63, 3.8) is 0 Å². The van der Waals surface area contributed by atoms with E-state index in [9.17, 15) is 9.90 Å². The van der Waals surface area contributed by atoms with Gasteiger partial charge in [-0.3, -0.25) is 4.79 Å². The Morgan fingerprint density at radius 1 is 1.16 bits per heavy atom. The first kappa shape index (κ1) is 29.3. The Kier molecular flexibility index (Phi) is 12.1. The molecule has 3 rings (SSSR count). The van der Waals surface area contributed by atoms with Gasteiger partial charge in [-0.2, -0.15) is 0 Å². The fourth-order valence-electron chi connectivity index (χ4n) is 5.19. The zero-order chi connectivity index (χ0) is 26.6. The van der Waals surface area contributed by atoms with Gasteiger partial charge in [0, 0.05) is 7.11 Å². The van der Waals surface area contributed by atoms with E-state index in [-0.39, 0.29) is 36.4 Å². The molecule has 0 fully saturated rings. The van der Waals surface area contributed by atoms with Crippen LogP contribution in [0, 0.1) is 5.92 Å². The van der Waals surface area contributed by atoms with Gasteiger partial charge in [0.1, 0.15) is 0 Å². The minimum absolute atomic E-state index is 0.00407. The second kappa shape index (κ2) is 15.2. The number of aliphatic hydroxyl groups excluding tert-OH is 1. The summed E-state index contributed by atoms with van der Waals surface area (Å²) in [6.07, 6.45) is 21.9. The van der Waals surface area contributed by atoms with E-state index in [0.717, 1.165) is 31.3 Å². The summed E-state index contributed by atoms with van der Waals surface area (Å²) in [6.45, 7) is 9.13. The van der Waals surface area contributed by atoms with Gasteiger partial charge in [0.25, 0.3) is 0 Å². The summed E-state index contributed by atoms with van der Waals surface area (Å²) < 4.78 is 17.8. The van der Waals surface area contributed by atoms with Crippen molar-refractivity contribution in [2.75, 3.05) is 13.7 Å². The quantitative estimate of drug-likeness (QED) is 0.512. The number of carbonyl (C=O) groups excluding carboxylic acids is 1. The van der Waals surface area contributed by atoms with Crippen molar-refractivity contribution >= 4 is 5.91 Å². The molecule has 2 N–H and O–H groups in total. The van der Waals surface area contributed by atoms with Crippen LogP contribution >= 0.6 is 0 Å². The fourth-order valence-corrected chi connectivity index (χ4v) is 5.19. The lowest BCUT2D eigenvalue weighted by Gasteiger charge is -2.28. The van der Waals surface area contributed by atoms with E-state index in [1.807, 2.05) is 24.3 Å². The molecule has 7 atom stereocenters. The maximum absolute atomic E-state index is 12.8. The number of carbonyl (C=O) groups is 1. The Hall–Kier alpha value is -2.25. The van der Waals surface area contributed by atoms with Crippen LogP contribution < -0.4 is 5.32 Å². The number of hydrogen-bond acceptors (Lipinski definition) is 5. The SMILES string of the molecule is C=C1C[C@H](C)C[C@@H]2CC=C[C@@H](C/C=C\C(=O)N[C@H]([C@H](/C=C/[C@@H]3CC(C)=CCO3)OC)C/C=C/[C@@H](O)C1)O2. The molecule has 0 saturated heterocycles. The minimum Gasteiger partial charge on any atom is -0.389 e. The smallest absolute Gasteiger partial charge is 0.243 e. The maximum atomic E-state index is 12.8. The second-order valence-corrected chi connectivity index (χ2v) is 10.7. The standard InChI is InChI=1S/C31H45NO5/c1-22-16-17-36-27(20-22)14-15-30(35-4)29-12-5-8-25(33)19-23(2)18-24(3)21-28-11-6-9-26(37-28)10-7-13-31(34)32-29/h5-9,13-16,24-30,33H,2,10-12,17-21H2,1,3-4H3,(H,32,34)/b8-5+,13-7-,15-14+/t24-,25+,26-,27+,28-,29-,30-/m0/s1. The molecule has 3 aliphatic heterocycles. The van der Waals surface area contributed by atoms with Crippen LogP contribution in [0.2, 0.25) is 0 Å². The fraction of sp³-hybridized carbons (Fsp3) is 0.581. The van der Waals surface area contributed by atoms with E-state index in [4.69, 9.17) is 14.2 Å². The van der Waals surface area contributed by atoms with E-state index in [1.54, 1.807) is 19.3 Å². The molecule has 0 aromatic rings. The molecule has 0 aliphatic carbocycles. The molecule has 6 nitrogen and oxygen atoms in total. The Morgan fingerprint density at radius 3 is 2.76 bits per heavy atom. The van der Waals surface area contributed by atoms with Gasteiger partial charge in [-0.05, 0) is 63.9 Å². The number of fused-ring (bicyclic) bond motifs is 2. The molecule has 6 heteroatoms.